The third-order valence-electron chi connectivity index (χ3n) is 7.48. The van der Waals surface area contributed by atoms with Crippen molar-refractivity contribution >= 4 is 33.4 Å². The Kier molecular flexibility index (Phi) is 7.56. The lowest BCUT2D eigenvalue weighted by Gasteiger charge is -2.40. The molecule has 1 atom stereocenters. The number of likely N-dealkylation sites (tertiary alicyclic amines) is 1. The van der Waals surface area contributed by atoms with Gasteiger partial charge in [-0.05, 0) is 82.4 Å². The predicted molar refractivity (Wildman–Crippen MR) is 137 cm³/mol. The maximum atomic E-state index is 11.5. The fraction of sp³-hybridized carbons (Fsp3) is 0.538. The molecule has 2 aliphatic heterocycles. The van der Waals surface area contributed by atoms with Crippen LogP contribution in [-0.4, -0.2) is 71.6 Å². The minimum absolute atomic E-state index is 0.135. The molecule has 3 aliphatic rings. The van der Waals surface area contributed by atoms with Gasteiger partial charge in [0.25, 0.3) is 0 Å². The Bertz CT molecular complexity index is 982. The molecule has 0 N–H and O–H groups in total. The highest BCUT2D eigenvalue weighted by Crippen LogP contribution is 2.38. The maximum Gasteiger partial charge on any atom is 0.219 e. The highest BCUT2D eigenvalue weighted by Gasteiger charge is 2.33. The summed E-state index contributed by atoms with van der Waals surface area (Å²) < 4.78 is 1.03. The van der Waals surface area contributed by atoms with Crippen LogP contribution < -0.4 is 0 Å². The summed E-state index contributed by atoms with van der Waals surface area (Å²) in [4.78, 5) is 27.1. The second-order valence-corrected chi connectivity index (χ2v) is 11.0. The molecule has 2 fully saturated rings. The maximum absolute atomic E-state index is 11.5. The van der Waals surface area contributed by atoms with Crippen LogP contribution in [0.25, 0.3) is 0 Å². The number of carbonyl (C=O) groups excluding carboxylic acids is 1. The molecule has 182 valence electrons. The van der Waals surface area contributed by atoms with E-state index in [4.69, 9.17) is 21.4 Å². The van der Waals surface area contributed by atoms with E-state index in [-0.39, 0.29) is 11.9 Å². The number of hydrogen-bond acceptors (Lipinski definition) is 5. The van der Waals surface area contributed by atoms with Gasteiger partial charge in [-0.25, -0.2) is 0 Å². The molecule has 0 saturated carbocycles. The van der Waals surface area contributed by atoms with Crippen molar-refractivity contribution in [1.29, 1.82) is 0 Å². The lowest BCUT2D eigenvalue weighted by molar-refractivity contribution is -0.190. The molecule has 0 spiro atoms. The number of hydrogen-bond donors (Lipinski definition) is 0. The zero-order valence-electron chi connectivity index (χ0n) is 19.7. The molecule has 2 saturated heterocycles. The van der Waals surface area contributed by atoms with Gasteiger partial charge in [-0.3, -0.25) is 19.5 Å². The molecule has 1 aromatic carbocycles. The Morgan fingerprint density at radius 2 is 1.82 bits per heavy atom. The number of halogens is 2. The molecule has 1 unspecified atom stereocenters. The number of nitrogens with zero attached hydrogens (tertiary/aromatic N) is 4. The molecule has 0 radical (unpaired) electrons. The van der Waals surface area contributed by atoms with E-state index in [1.807, 2.05) is 17.2 Å². The van der Waals surface area contributed by atoms with Crippen molar-refractivity contribution in [3.8, 4) is 0 Å². The van der Waals surface area contributed by atoms with Gasteiger partial charge in [0, 0.05) is 61.9 Å². The van der Waals surface area contributed by atoms with Crippen molar-refractivity contribution in [3.05, 3.63) is 62.3 Å². The molecule has 1 amide bonds. The van der Waals surface area contributed by atoms with Crippen LogP contribution in [0, 0.1) is 5.92 Å². The van der Waals surface area contributed by atoms with Crippen LogP contribution in [0.1, 0.15) is 48.2 Å². The summed E-state index contributed by atoms with van der Waals surface area (Å²) >= 11 is 9.97. The summed E-state index contributed by atoms with van der Waals surface area (Å²) in [6.07, 6.45) is 5.92. The molecular formula is C26H32BrClN4O2. The average molecular weight is 548 g/mol. The van der Waals surface area contributed by atoms with Gasteiger partial charge in [-0.2, -0.15) is 5.06 Å². The van der Waals surface area contributed by atoms with Crippen LogP contribution in [0.4, 0.5) is 0 Å². The first-order valence-electron chi connectivity index (χ1n) is 12.3. The van der Waals surface area contributed by atoms with Gasteiger partial charge in [-0.15, -0.1) is 0 Å². The van der Waals surface area contributed by atoms with Crippen LogP contribution >= 0.6 is 27.5 Å². The number of fused-ring (bicyclic) bond motifs is 2. The SMILES string of the molecule is CC(=O)N1CCC(CON2CCN(C3c4ccc(Cl)cc4CCc4cc(Br)cnc43)CC2)CC1. The number of carbonyl (C=O) groups is 1. The summed E-state index contributed by atoms with van der Waals surface area (Å²) in [5.74, 6) is 0.711. The summed E-state index contributed by atoms with van der Waals surface area (Å²) in [5.41, 5.74) is 5.12. The minimum atomic E-state index is 0.135. The van der Waals surface area contributed by atoms with Gasteiger partial charge in [0.05, 0.1) is 18.3 Å². The molecule has 8 heteroatoms. The van der Waals surface area contributed by atoms with Crippen molar-refractivity contribution in [2.45, 2.75) is 38.6 Å². The lowest BCUT2D eigenvalue weighted by atomic mass is 9.96. The van der Waals surface area contributed by atoms with Crippen molar-refractivity contribution in [2.75, 3.05) is 45.9 Å². The van der Waals surface area contributed by atoms with Crippen LogP contribution in [0.5, 0.6) is 0 Å². The number of aryl methyl sites for hydroxylation is 2. The molecule has 0 bridgehead atoms. The fourth-order valence-electron chi connectivity index (χ4n) is 5.50. The molecule has 6 nitrogen and oxygen atoms in total. The van der Waals surface area contributed by atoms with Crippen molar-refractivity contribution in [2.24, 2.45) is 5.92 Å². The second-order valence-electron chi connectivity index (χ2n) is 9.65. The number of pyridine rings is 1. The fourth-order valence-corrected chi connectivity index (χ4v) is 6.07. The second kappa shape index (κ2) is 10.6. The number of rotatable bonds is 4. The normalized spacial score (nSPS) is 22.2. The molecular weight excluding hydrogens is 516 g/mol. The monoisotopic (exact) mass is 546 g/mol. The van der Waals surface area contributed by atoms with Gasteiger partial charge in [0.2, 0.25) is 5.91 Å². The van der Waals surface area contributed by atoms with E-state index in [9.17, 15) is 4.79 Å². The Morgan fingerprint density at radius 1 is 1.09 bits per heavy atom. The van der Waals surface area contributed by atoms with Crippen LogP contribution in [0.15, 0.2) is 34.9 Å². The molecule has 1 aromatic heterocycles. The number of piperazine rings is 1. The lowest BCUT2D eigenvalue weighted by Crippen LogP contribution is -2.48. The van der Waals surface area contributed by atoms with Crippen molar-refractivity contribution in [3.63, 3.8) is 0 Å². The molecule has 5 rings (SSSR count). The smallest absolute Gasteiger partial charge is 0.219 e. The highest BCUT2D eigenvalue weighted by molar-refractivity contribution is 9.10. The van der Waals surface area contributed by atoms with Crippen molar-refractivity contribution < 1.29 is 9.63 Å². The van der Waals surface area contributed by atoms with Gasteiger partial charge in [-0.1, -0.05) is 17.7 Å². The Labute approximate surface area is 215 Å². The van der Waals surface area contributed by atoms with Gasteiger partial charge in [0.15, 0.2) is 0 Å². The van der Waals surface area contributed by atoms with Crippen LogP contribution in [0.2, 0.25) is 5.02 Å². The Hall–Kier alpha value is -1.51. The molecule has 2 aromatic rings. The first-order valence-corrected chi connectivity index (χ1v) is 13.4. The third-order valence-corrected chi connectivity index (χ3v) is 8.15. The standard InChI is InChI=1S/C26H32BrClN4O2/c1-18(33)30-8-6-19(7-9-30)17-34-32-12-10-31(11-13-32)26-24-5-4-23(28)15-20(24)2-3-21-14-22(27)16-29-25(21)26/h4-5,14-16,19,26H,2-3,6-13,17H2,1H3. The largest absolute Gasteiger partial charge is 0.343 e. The van der Waals surface area contributed by atoms with E-state index < -0.39 is 0 Å². The minimum Gasteiger partial charge on any atom is -0.343 e. The zero-order valence-corrected chi connectivity index (χ0v) is 22.0. The van der Waals surface area contributed by atoms with E-state index in [2.05, 4.69) is 44.1 Å². The number of aromatic nitrogens is 1. The zero-order chi connectivity index (χ0) is 23.7. The van der Waals surface area contributed by atoms with E-state index in [0.29, 0.717) is 5.92 Å². The predicted octanol–water partition coefficient (Wildman–Crippen LogP) is 4.49. The summed E-state index contributed by atoms with van der Waals surface area (Å²) in [5, 5.41) is 2.92. The van der Waals surface area contributed by atoms with E-state index in [1.165, 1.54) is 16.7 Å². The van der Waals surface area contributed by atoms with E-state index >= 15 is 0 Å². The first-order chi connectivity index (χ1) is 16.5. The van der Waals surface area contributed by atoms with E-state index in [0.717, 1.165) is 86.7 Å². The number of benzene rings is 1. The average Bonchev–Trinajstić information content (AvgIpc) is 2.99. The quantitative estimate of drug-likeness (QED) is 0.564. The number of hydroxylamine groups is 2. The number of amides is 1. The van der Waals surface area contributed by atoms with E-state index in [1.54, 1.807) is 6.92 Å². The molecule has 1 aliphatic carbocycles. The van der Waals surface area contributed by atoms with Crippen molar-refractivity contribution in [1.82, 2.24) is 19.8 Å². The first kappa shape index (κ1) is 24.2. The summed E-state index contributed by atoms with van der Waals surface area (Å²) in [7, 11) is 0. The topological polar surface area (TPSA) is 48.9 Å². The van der Waals surface area contributed by atoms with Crippen LogP contribution in [-0.2, 0) is 22.5 Å². The summed E-state index contributed by atoms with van der Waals surface area (Å²) in [6, 6.07) is 8.68. The van der Waals surface area contributed by atoms with Gasteiger partial charge >= 0.3 is 0 Å². The summed E-state index contributed by atoms with van der Waals surface area (Å²) in [6.45, 7) is 7.70. The third kappa shape index (κ3) is 5.34. The van der Waals surface area contributed by atoms with Gasteiger partial charge in [0.1, 0.15) is 0 Å². The molecule has 3 heterocycles. The van der Waals surface area contributed by atoms with Crippen LogP contribution in [0.3, 0.4) is 0 Å². The Balaban J connectivity index is 1.24. The Morgan fingerprint density at radius 3 is 2.56 bits per heavy atom. The number of piperidine rings is 1. The molecule has 34 heavy (non-hydrogen) atoms. The highest BCUT2D eigenvalue weighted by atomic mass is 79.9. The van der Waals surface area contributed by atoms with Gasteiger partial charge < -0.3 is 4.90 Å².